The molecule has 0 bridgehead atoms. The zero-order valence-electron chi connectivity index (χ0n) is 19.9. The van der Waals surface area contributed by atoms with Crippen LogP contribution in [0.2, 0.25) is 5.02 Å². The first-order valence-corrected chi connectivity index (χ1v) is 14.5. The van der Waals surface area contributed by atoms with Crippen LogP contribution in [0.5, 0.6) is 0 Å². The maximum atomic E-state index is 13.1. The fourth-order valence-corrected chi connectivity index (χ4v) is 6.85. The van der Waals surface area contributed by atoms with E-state index in [1.54, 1.807) is 29.7 Å². The third-order valence-electron chi connectivity index (χ3n) is 6.42. The molecule has 0 aliphatic carbocycles. The number of nitrogens with zero attached hydrogens (tertiary/aromatic N) is 5. The molecule has 1 aliphatic rings. The van der Waals surface area contributed by atoms with Crippen LogP contribution in [0.25, 0.3) is 27.6 Å². The average molecular weight is 551 g/mol. The van der Waals surface area contributed by atoms with Gasteiger partial charge in [0.25, 0.3) is 0 Å². The van der Waals surface area contributed by atoms with E-state index in [9.17, 15) is 8.42 Å². The molecule has 188 valence electrons. The second-order valence-electron chi connectivity index (χ2n) is 8.94. The molecule has 37 heavy (non-hydrogen) atoms. The number of benzene rings is 2. The van der Waals surface area contributed by atoms with E-state index in [0.717, 1.165) is 27.6 Å². The normalized spacial score (nSPS) is 16.4. The molecular formula is C26H23ClN6O2S2. The molecular weight excluding hydrogens is 528 g/mol. The molecule has 1 saturated heterocycles. The number of sulfonamides is 1. The van der Waals surface area contributed by atoms with Gasteiger partial charge in [-0.15, -0.1) is 11.3 Å². The van der Waals surface area contributed by atoms with E-state index in [1.807, 2.05) is 22.0 Å². The molecule has 2 aromatic carbocycles. The summed E-state index contributed by atoms with van der Waals surface area (Å²) in [5.74, 6) is 0.452. The van der Waals surface area contributed by atoms with Crippen LogP contribution in [0.15, 0.2) is 77.3 Å². The minimum atomic E-state index is -3.60. The number of anilines is 1. The molecule has 3 aromatic heterocycles. The molecule has 6 rings (SSSR count). The molecule has 1 atom stereocenters. The highest BCUT2D eigenvalue weighted by atomic mass is 35.5. The number of hydrogen-bond acceptors (Lipinski definition) is 7. The lowest BCUT2D eigenvalue weighted by molar-refractivity contribution is 0.474. The Balaban J connectivity index is 1.26. The molecule has 0 radical (unpaired) electrons. The van der Waals surface area contributed by atoms with Crippen LogP contribution in [0.1, 0.15) is 12.0 Å². The van der Waals surface area contributed by atoms with Gasteiger partial charge in [0.05, 0.1) is 16.3 Å². The van der Waals surface area contributed by atoms with Crippen molar-refractivity contribution in [3.63, 3.8) is 0 Å². The maximum Gasteiger partial charge on any atom is 0.243 e. The van der Waals surface area contributed by atoms with Gasteiger partial charge in [-0.1, -0.05) is 41.4 Å². The van der Waals surface area contributed by atoms with Crippen LogP contribution in [-0.2, 0) is 10.0 Å². The Kier molecular flexibility index (Phi) is 6.20. The van der Waals surface area contributed by atoms with Crippen LogP contribution in [0.3, 0.4) is 0 Å². The van der Waals surface area contributed by atoms with Gasteiger partial charge in [-0.25, -0.2) is 23.4 Å². The molecule has 5 aromatic rings. The molecule has 1 fully saturated rings. The van der Waals surface area contributed by atoms with Crippen LogP contribution in [0, 0.1) is 6.92 Å². The van der Waals surface area contributed by atoms with Crippen LogP contribution >= 0.6 is 22.9 Å². The van der Waals surface area contributed by atoms with Gasteiger partial charge in [-0.2, -0.15) is 4.31 Å². The first-order chi connectivity index (χ1) is 17.9. The molecule has 1 N–H and O–H groups in total. The number of thiazole rings is 1. The van der Waals surface area contributed by atoms with Crippen molar-refractivity contribution >= 4 is 43.9 Å². The number of halogens is 1. The standard InChI is InChI=1S/C26H23ClN6O2S2/c1-17-2-4-18(5-3-17)23-24(33-14-15-36-26(33)31-23)22-10-12-28-25(30-22)29-20-11-13-32(16-20)37(34,35)21-8-6-19(27)7-9-21/h2-10,12,14-15,20H,11,13,16H2,1H3,(H,28,29,30)/t20-/m0/s1. The van der Waals surface area contributed by atoms with E-state index in [0.29, 0.717) is 30.5 Å². The molecule has 0 spiro atoms. The summed E-state index contributed by atoms with van der Waals surface area (Å²) in [6, 6.07) is 16.3. The third-order valence-corrected chi connectivity index (χ3v) is 9.31. The van der Waals surface area contributed by atoms with Crippen LogP contribution < -0.4 is 5.32 Å². The fraction of sp³-hybridized carbons (Fsp3) is 0.192. The fourth-order valence-electron chi connectivity index (χ4n) is 4.51. The highest BCUT2D eigenvalue weighted by Crippen LogP contribution is 2.34. The van der Waals surface area contributed by atoms with Gasteiger partial charge in [-0.05, 0) is 43.7 Å². The summed E-state index contributed by atoms with van der Waals surface area (Å²) >= 11 is 7.49. The lowest BCUT2D eigenvalue weighted by atomic mass is 10.1. The van der Waals surface area contributed by atoms with E-state index in [1.165, 1.54) is 22.0 Å². The molecule has 0 saturated carbocycles. The summed E-state index contributed by atoms with van der Waals surface area (Å²) in [6.45, 7) is 2.80. The lowest BCUT2D eigenvalue weighted by Gasteiger charge is -2.17. The topological polar surface area (TPSA) is 92.5 Å². The number of hydrogen-bond donors (Lipinski definition) is 1. The number of imidazole rings is 1. The monoisotopic (exact) mass is 550 g/mol. The van der Waals surface area contributed by atoms with E-state index >= 15 is 0 Å². The highest BCUT2D eigenvalue weighted by molar-refractivity contribution is 7.89. The molecule has 11 heteroatoms. The van der Waals surface area contributed by atoms with Crippen molar-refractivity contribution in [2.75, 3.05) is 18.4 Å². The van der Waals surface area contributed by atoms with E-state index in [2.05, 4.69) is 41.5 Å². The number of fused-ring (bicyclic) bond motifs is 1. The SMILES string of the molecule is Cc1ccc(-c2nc3sccn3c2-c2ccnc(N[C@H]3CCN(S(=O)(=O)c4ccc(Cl)cc4)C3)n2)cc1. The Morgan fingerprint density at radius 3 is 2.62 bits per heavy atom. The zero-order valence-corrected chi connectivity index (χ0v) is 22.3. The van der Waals surface area contributed by atoms with Gasteiger partial charge < -0.3 is 5.32 Å². The van der Waals surface area contributed by atoms with Crippen molar-refractivity contribution in [2.45, 2.75) is 24.3 Å². The zero-order chi connectivity index (χ0) is 25.6. The Morgan fingerprint density at radius 1 is 1.05 bits per heavy atom. The molecule has 0 amide bonds. The summed E-state index contributed by atoms with van der Waals surface area (Å²) in [6.07, 6.45) is 4.36. The third kappa shape index (κ3) is 4.61. The van der Waals surface area contributed by atoms with Crippen molar-refractivity contribution in [3.05, 3.63) is 83.0 Å². The van der Waals surface area contributed by atoms with Gasteiger partial charge in [0.2, 0.25) is 16.0 Å². The molecule has 8 nitrogen and oxygen atoms in total. The van der Waals surface area contributed by atoms with Gasteiger partial charge in [0.15, 0.2) is 4.96 Å². The smallest absolute Gasteiger partial charge is 0.243 e. The Labute approximate surface area is 223 Å². The summed E-state index contributed by atoms with van der Waals surface area (Å²) in [7, 11) is -3.60. The van der Waals surface area contributed by atoms with E-state index in [-0.39, 0.29) is 10.9 Å². The number of rotatable bonds is 6. The van der Waals surface area contributed by atoms with Crippen LogP contribution in [-0.4, -0.2) is 51.2 Å². The van der Waals surface area contributed by atoms with E-state index in [4.69, 9.17) is 21.6 Å². The van der Waals surface area contributed by atoms with Crippen molar-refractivity contribution < 1.29 is 8.42 Å². The quantitative estimate of drug-likeness (QED) is 0.306. The van der Waals surface area contributed by atoms with Crippen molar-refractivity contribution in [3.8, 4) is 22.6 Å². The number of aromatic nitrogens is 4. The second kappa shape index (κ2) is 9.53. The van der Waals surface area contributed by atoms with Gasteiger partial charge in [0, 0.05) is 47.5 Å². The molecule has 4 heterocycles. The largest absolute Gasteiger partial charge is 0.350 e. The van der Waals surface area contributed by atoms with Gasteiger partial charge in [0.1, 0.15) is 5.69 Å². The predicted octanol–water partition coefficient (Wildman–Crippen LogP) is 5.36. The maximum absolute atomic E-state index is 13.1. The summed E-state index contributed by atoms with van der Waals surface area (Å²) < 4.78 is 29.6. The van der Waals surface area contributed by atoms with Crippen LogP contribution in [0.4, 0.5) is 5.95 Å². The van der Waals surface area contributed by atoms with Crippen molar-refractivity contribution in [2.24, 2.45) is 0 Å². The lowest BCUT2D eigenvalue weighted by Crippen LogP contribution is -2.32. The van der Waals surface area contributed by atoms with E-state index < -0.39 is 10.0 Å². The first-order valence-electron chi connectivity index (χ1n) is 11.8. The number of aryl methyl sites for hydroxylation is 1. The Bertz CT molecular complexity index is 1680. The van der Waals surface area contributed by atoms with Crippen molar-refractivity contribution in [1.29, 1.82) is 0 Å². The average Bonchev–Trinajstić information content (AvgIpc) is 3.62. The summed E-state index contributed by atoms with van der Waals surface area (Å²) in [5.41, 5.74) is 4.69. The predicted molar refractivity (Wildman–Crippen MR) is 147 cm³/mol. The number of nitrogens with one attached hydrogen (secondary N) is 1. The van der Waals surface area contributed by atoms with Gasteiger partial charge >= 0.3 is 0 Å². The highest BCUT2D eigenvalue weighted by Gasteiger charge is 2.33. The Morgan fingerprint density at radius 2 is 1.84 bits per heavy atom. The minimum absolute atomic E-state index is 0.111. The summed E-state index contributed by atoms with van der Waals surface area (Å²) in [4.78, 5) is 15.2. The Hall–Kier alpha value is -3.31. The molecule has 0 unspecified atom stereocenters. The first kappa shape index (κ1) is 24.1. The van der Waals surface area contributed by atoms with Crippen molar-refractivity contribution in [1.82, 2.24) is 23.7 Å². The summed E-state index contributed by atoms with van der Waals surface area (Å²) in [5, 5.41) is 5.84. The molecule has 1 aliphatic heterocycles. The van der Waals surface area contributed by atoms with Gasteiger partial charge in [-0.3, -0.25) is 4.40 Å². The second-order valence-corrected chi connectivity index (χ2v) is 12.2. The minimum Gasteiger partial charge on any atom is -0.350 e.